The van der Waals surface area contributed by atoms with Crippen molar-refractivity contribution in [1.29, 1.82) is 0 Å². The highest BCUT2D eigenvalue weighted by atomic mass is 35.5. The van der Waals surface area contributed by atoms with Crippen LogP contribution in [0.4, 0.5) is 10.5 Å². The van der Waals surface area contributed by atoms with Crippen molar-refractivity contribution in [1.82, 2.24) is 10.1 Å². The second kappa shape index (κ2) is 8.84. The number of fused-ring (bicyclic) bond motifs is 1. The molecular weight excluding hydrogens is 464 g/mol. The average Bonchev–Trinajstić information content (AvgIpc) is 3.48. The van der Waals surface area contributed by atoms with Crippen LogP contribution in [0.3, 0.4) is 0 Å². The number of imide groups is 1. The Hall–Kier alpha value is -3.43. The Kier molecular flexibility index (Phi) is 5.74. The van der Waals surface area contributed by atoms with Crippen LogP contribution in [0.15, 0.2) is 64.5 Å². The van der Waals surface area contributed by atoms with Gasteiger partial charge in [0.1, 0.15) is 17.1 Å². The number of benzene rings is 2. The molecule has 0 saturated carbocycles. The van der Waals surface area contributed by atoms with Gasteiger partial charge in [-0.1, -0.05) is 28.9 Å². The lowest BCUT2D eigenvalue weighted by atomic mass is 10.1. The number of urea groups is 1. The standard InChI is InChI=1S/C23H18ClN4O4S/c1-2-31-15-9-7-14(8-10-15)28-22(29)20-18(11-12-33-20)27(23(28)30)13-19-25-21(26-32-19)16-5-3-4-6-17(16)24/h3-12,20H,2,13H2,1H3/q+1. The van der Waals surface area contributed by atoms with Gasteiger partial charge in [-0.25, -0.2) is 4.79 Å². The fourth-order valence-electron chi connectivity index (χ4n) is 3.66. The third-order valence-electron chi connectivity index (χ3n) is 5.18. The zero-order chi connectivity index (χ0) is 22.9. The van der Waals surface area contributed by atoms with Gasteiger partial charge >= 0.3 is 11.9 Å². The molecule has 1 aromatic heterocycles. The Bertz CT molecular complexity index is 1300. The molecule has 0 fully saturated rings. The molecule has 2 aromatic carbocycles. The van der Waals surface area contributed by atoms with Gasteiger partial charge in [0, 0.05) is 5.56 Å². The van der Waals surface area contributed by atoms with Crippen LogP contribution >= 0.6 is 23.4 Å². The third-order valence-corrected chi connectivity index (χ3v) is 6.52. The molecule has 2 aliphatic rings. The molecule has 0 spiro atoms. The third kappa shape index (κ3) is 3.94. The molecule has 0 saturated heterocycles. The summed E-state index contributed by atoms with van der Waals surface area (Å²) in [5.74, 6) is 0.929. The highest BCUT2D eigenvalue weighted by molar-refractivity contribution is 8.04. The number of carbonyl (C=O) groups is 2. The van der Waals surface area contributed by atoms with Crippen molar-refractivity contribution in [3.63, 3.8) is 0 Å². The highest BCUT2D eigenvalue weighted by Gasteiger charge is 2.50. The number of hydrogen-bond donors (Lipinski definition) is 0. The maximum atomic E-state index is 13.4. The maximum absolute atomic E-state index is 13.4. The first-order valence-corrected chi connectivity index (χ1v) is 11.5. The number of amides is 3. The Labute approximate surface area is 198 Å². The van der Waals surface area contributed by atoms with Crippen LogP contribution < -0.4 is 9.64 Å². The molecule has 10 heteroatoms. The smallest absolute Gasteiger partial charge is 0.494 e. The molecule has 8 nitrogen and oxygen atoms in total. The number of carbonyl (C=O) groups excluding carboxylic acids is 2. The predicted molar refractivity (Wildman–Crippen MR) is 125 cm³/mol. The van der Waals surface area contributed by atoms with Crippen molar-refractivity contribution < 1.29 is 23.4 Å². The molecular formula is C23H18ClN4O4S+. The van der Waals surface area contributed by atoms with Gasteiger partial charge in [-0.2, -0.15) is 14.4 Å². The number of ether oxygens (including phenoxy) is 1. The van der Waals surface area contributed by atoms with Gasteiger partial charge in [-0.15, -0.1) is 16.7 Å². The summed E-state index contributed by atoms with van der Waals surface area (Å²) in [6.07, 6.45) is 1.77. The van der Waals surface area contributed by atoms with Crippen LogP contribution in [0, 0.1) is 0 Å². The summed E-state index contributed by atoms with van der Waals surface area (Å²) in [4.78, 5) is 32.2. The molecule has 3 amide bonds. The monoisotopic (exact) mass is 481 g/mol. The molecule has 5 rings (SSSR count). The highest BCUT2D eigenvalue weighted by Crippen LogP contribution is 2.32. The number of rotatable bonds is 6. The number of anilines is 1. The normalized spacial score (nSPS) is 17.6. The van der Waals surface area contributed by atoms with E-state index in [0.29, 0.717) is 40.2 Å². The number of allylic oxidation sites excluding steroid dienone is 1. The molecule has 1 atom stereocenters. The summed E-state index contributed by atoms with van der Waals surface area (Å²) in [5, 5.41) is 5.78. The fourth-order valence-corrected chi connectivity index (χ4v) is 4.83. The predicted octanol–water partition coefficient (Wildman–Crippen LogP) is 4.54. The van der Waals surface area contributed by atoms with Gasteiger partial charge in [0.15, 0.2) is 11.8 Å². The van der Waals surface area contributed by atoms with Crippen molar-refractivity contribution in [3.05, 3.63) is 70.9 Å². The molecule has 3 heterocycles. The molecule has 0 radical (unpaired) electrons. The first-order valence-electron chi connectivity index (χ1n) is 10.2. The fraction of sp³-hybridized carbons (Fsp3) is 0.174. The van der Waals surface area contributed by atoms with Gasteiger partial charge < -0.3 is 9.26 Å². The van der Waals surface area contributed by atoms with E-state index in [0.717, 1.165) is 0 Å². The lowest BCUT2D eigenvalue weighted by molar-refractivity contribution is -0.448. The molecule has 0 bridgehead atoms. The van der Waals surface area contributed by atoms with E-state index in [4.69, 9.17) is 20.9 Å². The van der Waals surface area contributed by atoms with E-state index in [9.17, 15) is 9.59 Å². The Balaban J connectivity index is 1.47. The molecule has 166 valence electrons. The summed E-state index contributed by atoms with van der Waals surface area (Å²) in [7, 11) is 0. The summed E-state index contributed by atoms with van der Waals surface area (Å²) < 4.78 is 12.4. The summed E-state index contributed by atoms with van der Waals surface area (Å²) >= 11 is 7.59. The average molecular weight is 482 g/mol. The SMILES string of the molecule is CCOc1ccc(N2C(=O)C3SC=CC3=[N+](Cc3nc(-c4ccccc4Cl)no3)C2=O)cc1. The van der Waals surface area contributed by atoms with Crippen LogP contribution in [0.25, 0.3) is 11.4 Å². The van der Waals surface area contributed by atoms with Gasteiger partial charge in [0.2, 0.25) is 5.82 Å². The minimum atomic E-state index is -0.528. The molecule has 0 aliphatic carbocycles. The Morgan fingerprint density at radius 1 is 1.18 bits per heavy atom. The Morgan fingerprint density at radius 3 is 2.73 bits per heavy atom. The van der Waals surface area contributed by atoms with E-state index in [-0.39, 0.29) is 18.3 Å². The van der Waals surface area contributed by atoms with Gasteiger partial charge in [0.25, 0.3) is 5.89 Å². The van der Waals surface area contributed by atoms with E-state index in [1.165, 1.54) is 21.2 Å². The van der Waals surface area contributed by atoms with Gasteiger partial charge in [0.05, 0.1) is 11.6 Å². The second-order valence-electron chi connectivity index (χ2n) is 7.20. The summed E-state index contributed by atoms with van der Waals surface area (Å²) in [6, 6.07) is 13.5. The molecule has 0 N–H and O–H groups in total. The van der Waals surface area contributed by atoms with E-state index >= 15 is 0 Å². The van der Waals surface area contributed by atoms with Gasteiger partial charge in [-0.05, 0) is 54.8 Å². The van der Waals surface area contributed by atoms with E-state index < -0.39 is 11.3 Å². The van der Waals surface area contributed by atoms with Crippen molar-refractivity contribution in [3.8, 4) is 17.1 Å². The number of halogens is 1. The lowest BCUT2D eigenvalue weighted by Crippen LogP contribution is -2.55. The molecule has 3 aromatic rings. The molecule has 33 heavy (non-hydrogen) atoms. The minimum absolute atomic E-state index is 0.0217. The quantitative estimate of drug-likeness (QED) is 0.477. The van der Waals surface area contributed by atoms with Crippen LogP contribution in [0.1, 0.15) is 12.8 Å². The van der Waals surface area contributed by atoms with E-state index in [1.807, 2.05) is 24.5 Å². The first kappa shape index (κ1) is 21.4. The number of hydrogen-bond acceptors (Lipinski definition) is 7. The van der Waals surface area contributed by atoms with Crippen molar-refractivity contribution in [2.45, 2.75) is 18.7 Å². The van der Waals surface area contributed by atoms with E-state index in [1.54, 1.807) is 42.5 Å². The first-order chi connectivity index (χ1) is 16.1. The van der Waals surface area contributed by atoms with Crippen molar-refractivity contribution >= 4 is 46.7 Å². The molecule has 1 unspecified atom stereocenters. The van der Waals surface area contributed by atoms with Crippen molar-refractivity contribution in [2.75, 3.05) is 11.5 Å². The second-order valence-corrected chi connectivity index (χ2v) is 8.63. The van der Waals surface area contributed by atoms with Gasteiger partial charge in [-0.3, -0.25) is 0 Å². The minimum Gasteiger partial charge on any atom is -0.494 e. The number of thioether (sulfide) groups is 1. The largest absolute Gasteiger partial charge is 0.506 e. The van der Waals surface area contributed by atoms with Crippen LogP contribution in [-0.2, 0) is 11.3 Å². The Morgan fingerprint density at radius 2 is 1.97 bits per heavy atom. The zero-order valence-corrected chi connectivity index (χ0v) is 19.0. The number of aromatic nitrogens is 2. The van der Waals surface area contributed by atoms with E-state index in [2.05, 4.69) is 10.1 Å². The zero-order valence-electron chi connectivity index (χ0n) is 17.5. The number of nitrogens with zero attached hydrogens (tertiary/aromatic N) is 4. The van der Waals surface area contributed by atoms with Crippen LogP contribution in [-0.4, -0.2) is 44.2 Å². The summed E-state index contributed by atoms with van der Waals surface area (Å²) in [5.41, 5.74) is 1.69. The van der Waals surface area contributed by atoms with Crippen molar-refractivity contribution in [2.24, 2.45) is 0 Å². The van der Waals surface area contributed by atoms with Crippen LogP contribution in [0.2, 0.25) is 5.02 Å². The van der Waals surface area contributed by atoms with Crippen LogP contribution in [0.5, 0.6) is 5.75 Å². The topological polar surface area (TPSA) is 88.5 Å². The lowest BCUT2D eigenvalue weighted by Gasteiger charge is -2.23. The molecule has 2 aliphatic heterocycles. The summed E-state index contributed by atoms with van der Waals surface area (Å²) in [6.45, 7) is 2.44. The maximum Gasteiger partial charge on any atom is 0.506 e.